The van der Waals surface area contributed by atoms with Gasteiger partial charge in [0.25, 0.3) is 0 Å². The second-order valence-electron chi connectivity index (χ2n) is 1.47. The van der Waals surface area contributed by atoms with Crippen LogP contribution in [0.3, 0.4) is 0 Å². The predicted molar refractivity (Wildman–Crippen MR) is 37.2 cm³/mol. The Morgan fingerprint density at radius 3 is 2.00 bits per heavy atom. The first-order valence-corrected chi connectivity index (χ1v) is 6.61. The first-order chi connectivity index (χ1) is 5.12. The average molecular weight is 241 g/mol. The van der Waals surface area contributed by atoms with Gasteiger partial charge in [0.15, 0.2) is 0 Å². The molecule has 0 bridgehead atoms. The Morgan fingerprint density at radius 1 is 1.33 bits per heavy atom. The molecule has 0 aliphatic rings. The van der Waals surface area contributed by atoms with Crippen LogP contribution in [0.5, 0.6) is 0 Å². The van der Waals surface area contributed by atoms with E-state index in [1.54, 1.807) is 0 Å². The van der Waals surface area contributed by atoms with Crippen LogP contribution < -0.4 is 5.50 Å². The molecule has 0 heterocycles. The minimum absolute atomic E-state index is 3.38. The van der Waals surface area contributed by atoms with E-state index in [9.17, 15) is 13.7 Å². The molecule has 3 atom stereocenters. The third kappa shape index (κ3) is 7.12. The van der Waals surface area contributed by atoms with Gasteiger partial charge in [-0.1, -0.05) is 0 Å². The smallest absolute Gasteiger partial charge is 0.326 e. The summed E-state index contributed by atoms with van der Waals surface area (Å²) in [7, 11) is -13.5. The highest BCUT2D eigenvalue weighted by Gasteiger charge is 2.32. The third-order valence-corrected chi connectivity index (χ3v) is 3.72. The Bertz CT molecular complexity index is 261. The lowest BCUT2D eigenvalue weighted by Crippen LogP contribution is -1.97. The first kappa shape index (κ1) is 12.4. The van der Waals surface area contributed by atoms with Crippen molar-refractivity contribution in [3.63, 3.8) is 0 Å². The highest BCUT2D eigenvalue weighted by Crippen LogP contribution is 2.59. The van der Waals surface area contributed by atoms with Gasteiger partial charge in [-0.05, 0) is 0 Å². The quantitative estimate of drug-likeness (QED) is 0.478. The molecule has 0 aromatic carbocycles. The zero-order valence-electron chi connectivity index (χ0n) is 5.35. The Balaban J connectivity index is 4.35. The molecule has 0 saturated carbocycles. The van der Waals surface area contributed by atoms with Gasteiger partial charge in [0.2, 0.25) is 0 Å². The van der Waals surface area contributed by atoms with E-state index in [0.717, 1.165) is 0 Å². The van der Waals surface area contributed by atoms with Crippen LogP contribution in [-0.2, 0) is 22.3 Å². The molecule has 12 heavy (non-hydrogen) atoms. The highest BCUT2D eigenvalue weighted by molar-refractivity contribution is 7.65. The third-order valence-electron chi connectivity index (χ3n) is 0.414. The molecular weight excluding hydrogens is 235 g/mol. The van der Waals surface area contributed by atoms with Gasteiger partial charge >= 0.3 is 23.8 Å². The van der Waals surface area contributed by atoms with Crippen molar-refractivity contribution in [1.29, 1.82) is 0 Å². The van der Waals surface area contributed by atoms with Crippen LogP contribution in [-0.4, -0.2) is 14.7 Å². The van der Waals surface area contributed by atoms with Crippen LogP contribution in [0.25, 0.3) is 0 Å². The lowest BCUT2D eigenvalue weighted by atomic mass is 13.9. The molecule has 9 nitrogen and oxygen atoms in total. The molecule has 0 fully saturated rings. The van der Waals surface area contributed by atoms with Crippen molar-refractivity contribution in [1.82, 2.24) is 0 Å². The van der Waals surface area contributed by atoms with Crippen molar-refractivity contribution in [3.05, 3.63) is 0 Å². The summed E-state index contributed by atoms with van der Waals surface area (Å²) in [5.74, 6) is 0. The fourth-order valence-corrected chi connectivity index (χ4v) is 2.67. The maximum Gasteiger partial charge on any atom is 0.487 e. The fourth-order valence-electron chi connectivity index (χ4n) is 0.263. The maximum absolute atomic E-state index is 10.4. The number of hydrogen-bond acceptors (Lipinski definition) is 5. The topological polar surface area (TPSA) is 156 Å². The Labute approximate surface area is 67.3 Å². The van der Waals surface area contributed by atoms with E-state index in [4.69, 9.17) is 14.7 Å². The summed E-state index contributed by atoms with van der Waals surface area (Å²) in [6.45, 7) is 0. The number of nitrogens with two attached hydrogens (primary N) is 1. The molecule has 5 N–H and O–H groups in total. The van der Waals surface area contributed by atoms with Crippen LogP contribution in [0, 0.1) is 0 Å². The molecule has 0 aliphatic heterocycles. The van der Waals surface area contributed by atoms with Crippen LogP contribution in [0.2, 0.25) is 0 Å². The van der Waals surface area contributed by atoms with E-state index in [-0.39, 0.29) is 0 Å². The van der Waals surface area contributed by atoms with Crippen LogP contribution in [0.1, 0.15) is 0 Å². The second kappa shape index (κ2) is 4.11. The lowest BCUT2D eigenvalue weighted by molar-refractivity contribution is 0.263. The summed E-state index contributed by atoms with van der Waals surface area (Å²) in [5.41, 5.74) is 4.30. The van der Waals surface area contributed by atoms with Gasteiger partial charge in [0, 0.05) is 0 Å². The van der Waals surface area contributed by atoms with Gasteiger partial charge in [-0.15, -0.1) is 0 Å². The summed E-state index contributed by atoms with van der Waals surface area (Å²) in [4.78, 5) is 24.6. The molecule has 3 unspecified atom stereocenters. The summed E-state index contributed by atoms with van der Waals surface area (Å²) < 4.78 is 37.2. The summed E-state index contributed by atoms with van der Waals surface area (Å²) in [6, 6.07) is 0. The van der Waals surface area contributed by atoms with Gasteiger partial charge in [-0.2, -0.15) is 4.31 Å². The van der Waals surface area contributed by atoms with Crippen molar-refractivity contribution in [2.75, 3.05) is 0 Å². The summed E-state index contributed by atoms with van der Waals surface area (Å²) >= 11 is 0. The molecule has 0 aliphatic carbocycles. The van der Waals surface area contributed by atoms with E-state index >= 15 is 0 Å². The predicted octanol–water partition coefficient (Wildman–Crippen LogP) is -0.439. The second-order valence-corrected chi connectivity index (χ2v) is 5.45. The van der Waals surface area contributed by atoms with Gasteiger partial charge in [0.1, 0.15) is 0 Å². The van der Waals surface area contributed by atoms with Crippen LogP contribution in [0.4, 0.5) is 0 Å². The van der Waals surface area contributed by atoms with Gasteiger partial charge in [-0.25, -0.2) is 18.9 Å². The molecule has 0 rings (SSSR count). The van der Waals surface area contributed by atoms with Crippen molar-refractivity contribution in [3.8, 4) is 0 Å². The standard InChI is InChI=1S/H6NO8P3/c1-11(4,5)9-12(6,7)8-10(2)3/h10H,(H,2,3)(H,6,7)(H3,1,4,5). The normalized spacial score (nSPS) is 24.0. The largest absolute Gasteiger partial charge is 0.487 e. The van der Waals surface area contributed by atoms with E-state index in [1.165, 1.54) is 0 Å². The molecule has 0 saturated heterocycles. The van der Waals surface area contributed by atoms with E-state index in [2.05, 4.69) is 14.1 Å². The molecule has 0 aromatic rings. The Hall–Kier alpha value is 0.450. The molecular formula is H6NO8P3. The number of rotatable bonds is 4. The van der Waals surface area contributed by atoms with Crippen LogP contribution >= 0.6 is 23.8 Å². The minimum Gasteiger partial charge on any atom is -0.326 e. The monoisotopic (exact) mass is 241 g/mol. The van der Waals surface area contributed by atoms with Crippen molar-refractivity contribution < 1.29 is 37.0 Å². The molecule has 0 spiro atoms. The van der Waals surface area contributed by atoms with Gasteiger partial charge in [-0.3, -0.25) is 4.57 Å². The molecule has 74 valence electrons. The molecule has 0 radical (unpaired) electrons. The Morgan fingerprint density at radius 2 is 1.75 bits per heavy atom. The molecule has 0 amide bonds. The first-order valence-electron chi connectivity index (χ1n) is 2.20. The van der Waals surface area contributed by atoms with E-state index < -0.39 is 23.8 Å². The minimum atomic E-state index is -5.03. The Kier molecular flexibility index (Phi) is 4.26. The summed E-state index contributed by atoms with van der Waals surface area (Å²) in [5, 5.41) is 0. The van der Waals surface area contributed by atoms with Crippen LogP contribution in [0.15, 0.2) is 0 Å². The average Bonchev–Trinajstić information content (AvgIpc) is 1.48. The van der Waals surface area contributed by atoms with E-state index in [0.29, 0.717) is 0 Å². The number of hydrogen-bond donors (Lipinski definition) is 4. The number of phosphoric acid groups is 1. The lowest BCUT2D eigenvalue weighted by Gasteiger charge is -2.10. The fraction of sp³-hybridized carbons (Fsp3) is 0. The maximum atomic E-state index is 10.4. The zero-order chi connectivity index (χ0) is 9.99. The van der Waals surface area contributed by atoms with Crippen molar-refractivity contribution in [2.45, 2.75) is 0 Å². The van der Waals surface area contributed by atoms with Crippen molar-refractivity contribution >= 4 is 23.8 Å². The SMILES string of the molecule is NP(=O)(O)OP(=O)(O)O[PH](=O)O. The van der Waals surface area contributed by atoms with E-state index in [1.807, 2.05) is 0 Å². The highest BCUT2D eigenvalue weighted by atomic mass is 31.3. The van der Waals surface area contributed by atoms with Gasteiger partial charge in [0.05, 0.1) is 0 Å². The van der Waals surface area contributed by atoms with Gasteiger partial charge < -0.3 is 14.7 Å². The molecule has 12 heteroatoms. The van der Waals surface area contributed by atoms with Crippen molar-refractivity contribution in [2.24, 2.45) is 5.50 Å². The zero-order valence-corrected chi connectivity index (χ0v) is 8.14. The molecule has 0 aromatic heterocycles. The summed E-state index contributed by atoms with van der Waals surface area (Å²) in [6.07, 6.45) is 0.